The molecule has 0 aliphatic carbocycles. The predicted octanol–water partition coefficient (Wildman–Crippen LogP) is 1.91. The van der Waals surface area contributed by atoms with Gasteiger partial charge in [0.2, 0.25) is 5.91 Å². The van der Waals surface area contributed by atoms with Crippen LogP contribution >= 0.6 is 0 Å². The van der Waals surface area contributed by atoms with Crippen LogP contribution in [0, 0.1) is 5.92 Å². The maximum Gasteiger partial charge on any atom is 0.240 e. The summed E-state index contributed by atoms with van der Waals surface area (Å²) in [7, 11) is 0. The lowest BCUT2D eigenvalue weighted by molar-refractivity contribution is -0.136. The van der Waals surface area contributed by atoms with Gasteiger partial charge in [0.25, 0.3) is 0 Å². The van der Waals surface area contributed by atoms with Crippen molar-refractivity contribution < 1.29 is 9.90 Å². The number of nitrogens with two attached hydrogens (primary N) is 1. The molecule has 2 rings (SSSR count). The Balaban J connectivity index is 1.96. The molecule has 0 aromatic heterocycles. The van der Waals surface area contributed by atoms with Crippen LogP contribution in [-0.4, -0.2) is 34.5 Å². The molecule has 4 nitrogen and oxygen atoms in total. The number of hydrogen-bond donors (Lipinski definition) is 2. The van der Waals surface area contributed by atoms with Gasteiger partial charge in [-0.2, -0.15) is 0 Å². The second kappa shape index (κ2) is 6.27. The first-order valence-electron chi connectivity index (χ1n) is 7.31. The number of phenolic OH excluding ortho intramolecular Hbond substituents is 1. The first kappa shape index (κ1) is 14.9. The number of carbonyl (C=O) groups excluding carboxylic acids is 1. The van der Waals surface area contributed by atoms with E-state index in [1.54, 1.807) is 12.1 Å². The van der Waals surface area contributed by atoms with Gasteiger partial charge in [0.15, 0.2) is 0 Å². The molecule has 1 aromatic rings. The van der Waals surface area contributed by atoms with E-state index in [-0.39, 0.29) is 17.7 Å². The van der Waals surface area contributed by atoms with Crippen LogP contribution in [0.3, 0.4) is 0 Å². The number of rotatable bonds is 3. The molecule has 1 aliphatic rings. The van der Waals surface area contributed by atoms with Gasteiger partial charge in [-0.1, -0.05) is 19.1 Å². The van der Waals surface area contributed by atoms with Crippen molar-refractivity contribution in [2.45, 2.75) is 45.2 Å². The lowest BCUT2D eigenvalue weighted by Crippen LogP contribution is -2.51. The van der Waals surface area contributed by atoms with E-state index in [9.17, 15) is 9.90 Å². The fraction of sp³-hybridized carbons (Fsp3) is 0.562. The number of likely N-dealkylation sites (tertiary alicyclic amines) is 1. The molecule has 1 amide bonds. The van der Waals surface area contributed by atoms with Gasteiger partial charge in [-0.3, -0.25) is 4.79 Å². The molecular formula is C16H24N2O2. The van der Waals surface area contributed by atoms with Crippen molar-refractivity contribution in [1.29, 1.82) is 0 Å². The summed E-state index contributed by atoms with van der Waals surface area (Å²) < 4.78 is 0. The lowest BCUT2D eigenvalue weighted by atomic mass is 9.92. The quantitative estimate of drug-likeness (QED) is 0.886. The SMILES string of the molecule is CC1CCN(C(=O)[C@H](N)Cc2ccc(O)cc2)C(C)C1. The van der Waals surface area contributed by atoms with Crippen molar-refractivity contribution in [2.24, 2.45) is 11.7 Å². The predicted molar refractivity (Wildman–Crippen MR) is 79.4 cm³/mol. The highest BCUT2D eigenvalue weighted by atomic mass is 16.3. The second-order valence-electron chi connectivity index (χ2n) is 5.99. The van der Waals surface area contributed by atoms with E-state index in [1.165, 1.54) is 0 Å². The van der Waals surface area contributed by atoms with Crippen molar-refractivity contribution in [3.8, 4) is 5.75 Å². The molecule has 1 heterocycles. The van der Waals surface area contributed by atoms with Crippen molar-refractivity contribution in [1.82, 2.24) is 4.90 Å². The Morgan fingerprint density at radius 3 is 2.65 bits per heavy atom. The van der Waals surface area contributed by atoms with Gasteiger partial charge in [-0.15, -0.1) is 0 Å². The molecule has 0 bridgehead atoms. The summed E-state index contributed by atoms with van der Waals surface area (Å²) in [6, 6.07) is 6.64. The number of phenols is 1. The number of piperidine rings is 1. The summed E-state index contributed by atoms with van der Waals surface area (Å²) in [5.74, 6) is 0.951. The Bertz CT molecular complexity index is 458. The van der Waals surface area contributed by atoms with E-state index in [1.807, 2.05) is 17.0 Å². The minimum absolute atomic E-state index is 0.0393. The fourth-order valence-corrected chi connectivity index (χ4v) is 2.92. The van der Waals surface area contributed by atoms with E-state index in [0.717, 1.165) is 24.9 Å². The minimum Gasteiger partial charge on any atom is -0.508 e. The Kier molecular flexibility index (Phi) is 4.65. The molecule has 1 saturated heterocycles. The zero-order chi connectivity index (χ0) is 14.7. The van der Waals surface area contributed by atoms with Crippen LogP contribution in [-0.2, 0) is 11.2 Å². The summed E-state index contributed by atoms with van der Waals surface area (Å²) >= 11 is 0. The monoisotopic (exact) mass is 276 g/mol. The summed E-state index contributed by atoms with van der Waals surface area (Å²) in [5, 5.41) is 9.26. The number of carbonyl (C=O) groups is 1. The van der Waals surface area contributed by atoms with Crippen LogP contribution < -0.4 is 5.73 Å². The van der Waals surface area contributed by atoms with E-state index in [0.29, 0.717) is 12.3 Å². The van der Waals surface area contributed by atoms with Gasteiger partial charge in [0.05, 0.1) is 6.04 Å². The topological polar surface area (TPSA) is 66.6 Å². The Labute approximate surface area is 120 Å². The lowest BCUT2D eigenvalue weighted by Gasteiger charge is -2.38. The Morgan fingerprint density at radius 1 is 1.40 bits per heavy atom. The Morgan fingerprint density at radius 2 is 2.05 bits per heavy atom. The smallest absolute Gasteiger partial charge is 0.240 e. The highest BCUT2D eigenvalue weighted by Crippen LogP contribution is 2.23. The zero-order valence-corrected chi connectivity index (χ0v) is 12.2. The number of nitrogens with zero attached hydrogens (tertiary/aromatic N) is 1. The van der Waals surface area contributed by atoms with Crippen LogP contribution in [0.1, 0.15) is 32.3 Å². The van der Waals surface area contributed by atoms with Crippen molar-refractivity contribution >= 4 is 5.91 Å². The average molecular weight is 276 g/mol. The highest BCUT2D eigenvalue weighted by molar-refractivity contribution is 5.82. The van der Waals surface area contributed by atoms with Gasteiger partial charge in [0.1, 0.15) is 5.75 Å². The van der Waals surface area contributed by atoms with Gasteiger partial charge in [-0.05, 0) is 49.8 Å². The van der Waals surface area contributed by atoms with E-state index < -0.39 is 6.04 Å². The summed E-state index contributed by atoms with van der Waals surface area (Å²) in [5.41, 5.74) is 7.04. The van der Waals surface area contributed by atoms with Crippen molar-refractivity contribution in [3.05, 3.63) is 29.8 Å². The van der Waals surface area contributed by atoms with Crippen LogP contribution in [0.4, 0.5) is 0 Å². The third kappa shape index (κ3) is 3.51. The number of benzene rings is 1. The molecule has 0 radical (unpaired) electrons. The maximum atomic E-state index is 12.4. The number of amides is 1. The van der Waals surface area contributed by atoms with E-state index >= 15 is 0 Å². The summed E-state index contributed by atoms with van der Waals surface area (Å²) in [6.07, 6.45) is 2.62. The van der Waals surface area contributed by atoms with Crippen LogP contribution in [0.15, 0.2) is 24.3 Å². The summed E-state index contributed by atoms with van der Waals surface area (Å²) in [4.78, 5) is 14.4. The standard InChI is InChI=1S/C16H24N2O2/c1-11-7-8-18(12(2)9-11)16(20)15(17)10-13-3-5-14(19)6-4-13/h3-6,11-12,15,19H,7-10,17H2,1-2H3/t11?,12?,15-/m1/s1. The molecule has 1 aliphatic heterocycles. The molecule has 3 atom stereocenters. The zero-order valence-electron chi connectivity index (χ0n) is 12.2. The fourth-order valence-electron chi connectivity index (χ4n) is 2.92. The molecule has 1 fully saturated rings. The number of aromatic hydroxyl groups is 1. The van der Waals surface area contributed by atoms with Crippen LogP contribution in [0.5, 0.6) is 5.75 Å². The van der Waals surface area contributed by atoms with Gasteiger partial charge in [-0.25, -0.2) is 0 Å². The van der Waals surface area contributed by atoms with Gasteiger partial charge >= 0.3 is 0 Å². The average Bonchev–Trinajstić information content (AvgIpc) is 2.40. The number of hydrogen-bond acceptors (Lipinski definition) is 3. The normalized spacial score (nSPS) is 24.4. The molecule has 0 saturated carbocycles. The van der Waals surface area contributed by atoms with Gasteiger partial charge in [0, 0.05) is 12.6 Å². The van der Waals surface area contributed by atoms with Crippen LogP contribution in [0.2, 0.25) is 0 Å². The highest BCUT2D eigenvalue weighted by Gasteiger charge is 2.29. The molecular weight excluding hydrogens is 252 g/mol. The van der Waals surface area contributed by atoms with Crippen molar-refractivity contribution in [2.75, 3.05) is 6.54 Å². The minimum atomic E-state index is -0.504. The molecule has 4 heteroatoms. The van der Waals surface area contributed by atoms with Gasteiger partial charge < -0.3 is 15.7 Å². The summed E-state index contributed by atoms with van der Waals surface area (Å²) in [6.45, 7) is 5.14. The largest absolute Gasteiger partial charge is 0.508 e. The molecule has 1 aromatic carbocycles. The molecule has 20 heavy (non-hydrogen) atoms. The third-order valence-corrected chi connectivity index (χ3v) is 4.13. The molecule has 110 valence electrons. The first-order chi connectivity index (χ1) is 9.47. The Hall–Kier alpha value is -1.55. The maximum absolute atomic E-state index is 12.4. The molecule has 2 unspecified atom stereocenters. The van der Waals surface area contributed by atoms with Crippen LogP contribution in [0.25, 0.3) is 0 Å². The van der Waals surface area contributed by atoms with Crippen molar-refractivity contribution in [3.63, 3.8) is 0 Å². The molecule has 3 N–H and O–H groups in total. The van der Waals surface area contributed by atoms with E-state index in [2.05, 4.69) is 13.8 Å². The van der Waals surface area contributed by atoms with E-state index in [4.69, 9.17) is 5.73 Å². The first-order valence-corrected chi connectivity index (χ1v) is 7.31. The molecule has 0 spiro atoms. The second-order valence-corrected chi connectivity index (χ2v) is 5.99. The third-order valence-electron chi connectivity index (χ3n) is 4.13.